The zero-order valence-corrected chi connectivity index (χ0v) is 13.3. The Bertz CT molecular complexity index is 594. The van der Waals surface area contributed by atoms with Crippen LogP contribution in [0.25, 0.3) is 0 Å². The molecule has 5 nitrogen and oxygen atoms in total. The fraction of sp³-hybridized carbons (Fsp3) is 0.533. The van der Waals surface area contributed by atoms with Crippen LogP contribution in [0.1, 0.15) is 37.0 Å². The van der Waals surface area contributed by atoms with Crippen LogP contribution < -0.4 is 9.62 Å². The summed E-state index contributed by atoms with van der Waals surface area (Å²) in [6.45, 7) is 5.21. The maximum atomic E-state index is 12.0. The highest BCUT2D eigenvalue weighted by atomic mass is 32.2. The predicted octanol–water partition coefficient (Wildman–Crippen LogP) is 2.00. The number of anilines is 1. The van der Waals surface area contributed by atoms with E-state index >= 15 is 0 Å². The quantitative estimate of drug-likeness (QED) is 0.925. The van der Waals surface area contributed by atoms with E-state index < -0.39 is 10.0 Å². The van der Waals surface area contributed by atoms with Gasteiger partial charge >= 0.3 is 0 Å². The molecule has 1 aliphatic rings. The molecule has 1 heterocycles. The van der Waals surface area contributed by atoms with Gasteiger partial charge in [-0.15, -0.1) is 0 Å². The SMILES string of the molecule is CC(C)CNC(=O)c1ccc(N2CCCCS2(=O)=O)cc1. The molecule has 1 fully saturated rings. The van der Waals surface area contributed by atoms with Gasteiger partial charge in [0, 0.05) is 18.7 Å². The van der Waals surface area contributed by atoms with Crippen LogP contribution in [0.4, 0.5) is 5.69 Å². The van der Waals surface area contributed by atoms with Crippen LogP contribution in [0, 0.1) is 5.92 Å². The third-order valence-electron chi connectivity index (χ3n) is 3.44. The summed E-state index contributed by atoms with van der Waals surface area (Å²) in [5, 5.41) is 2.84. The minimum absolute atomic E-state index is 0.128. The maximum Gasteiger partial charge on any atom is 0.251 e. The number of benzene rings is 1. The Balaban J connectivity index is 2.10. The van der Waals surface area contributed by atoms with E-state index in [1.807, 2.05) is 13.8 Å². The third-order valence-corrected chi connectivity index (χ3v) is 5.31. The van der Waals surface area contributed by atoms with Gasteiger partial charge in [-0.3, -0.25) is 9.10 Å². The van der Waals surface area contributed by atoms with Crippen molar-refractivity contribution >= 4 is 21.6 Å². The van der Waals surface area contributed by atoms with Crippen molar-refractivity contribution in [1.82, 2.24) is 5.32 Å². The summed E-state index contributed by atoms with van der Waals surface area (Å²) in [5.74, 6) is 0.465. The molecular weight excluding hydrogens is 288 g/mol. The molecule has 0 atom stereocenters. The smallest absolute Gasteiger partial charge is 0.251 e. The minimum Gasteiger partial charge on any atom is -0.352 e. The molecule has 1 N–H and O–H groups in total. The standard InChI is InChI=1S/C15H22N2O3S/c1-12(2)11-16-15(18)13-5-7-14(8-6-13)17-9-3-4-10-21(17,19)20/h5-8,12H,3-4,9-11H2,1-2H3,(H,16,18). The average molecular weight is 310 g/mol. The average Bonchev–Trinajstić information content (AvgIpc) is 2.44. The lowest BCUT2D eigenvalue weighted by Gasteiger charge is -2.28. The van der Waals surface area contributed by atoms with Crippen LogP contribution in [0.5, 0.6) is 0 Å². The molecule has 1 amide bonds. The molecule has 1 aliphatic heterocycles. The summed E-state index contributed by atoms with van der Waals surface area (Å²) >= 11 is 0. The summed E-state index contributed by atoms with van der Waals surface area (Å²) in [4.78, 5) is 11.9. The number of hydrogen-bond donors (Lipinski definition) is 1. The molecule has 6 heteroatoms. The number of nitrogens with one attached hydrogen (secondary N) is 1. The maximum absolute atomic E-state index is 12.0. The molecule has 1 saturated heterocycles. The molecule has 0 spiro atoms. The summed E-state index contributed by atoms with van der Waals surface area (Å²) in [6.07, 6.45) is 1.59. The van der Waals surface area contributed by atoms with Crippen LogP contribution in [-0.2, 0) is 10.0 Å². The van der Waals surface area contributed by atoms with Gasteiger partial charge in [0.1, 0.15) is 0 Å². The van der Waals surface area contributed by atoms with Crippen molar-refractivity contribution in [1.29, 1.82) is 0 Å². The highest BCUT2D eigenvalue weighted by molar-refractivity contribution is 7.92. The van der Waals surface area contributed by atoms with E-state index in [-0.39, 0.29) is 11.7 Å². The van der Waals surface area contributed by atoms with Gasteiger partial charge in [0.25, 0.3) is 5.91 Å². The molecule has 0 saturated carbocycles. The Kier molecular flexibility index (Phi) is 4.88. The Morgan fingerprint density at radius 1 is 1.24 bits per heavy atom. The van der Waals surface area contributed by atoms with Crippen LogP contribution >= 0.6 is 0 Å². The van der Waals surface area contributed by atoms with Gasteiger partial charge < -0.3 is 5.32 Å². The fourth-order valence-electron chi connectivity index (χ4n) is 2.26. The zero-order chi connectivity index (χ0) is 15.5. The highest BCUT2D eigenvalue weighted by Gasteiger charge is 2.25. The first kappa shape index (κ1) is 15.8. The number of nitrogens with zero attached hydrogens (tertiary/aromatic N) is 1. The lowest BCUT2D eigenvalue weighted by Crippen LogP contribution is -2.37. The molecule has 0 unspecified atom stereocenters. The molecule has 1 aromatic carbocycles. The molecule has 0 bridgehead atoms. The van der Waals surface area contributed by atoms with Crippen molar-refractivity contribution in [3.63, 3.8) is 0 Å². The second-order valence-corrected chi connectivity index (χ2v) is 7.76. The Morgan fingerprint density at radius 2 is 1.90 bits per heavy atom. The number of amides is 1. The topological polar surface area (TPSA) is 66.5 Å². The monoisotopic (exact) mass is 310 g/mol. The van der Waals surface area contributed by atoms with Gasteiger partial charge in [-0.1, -0.05) is 13.8 Å². The normalized spacial score (nSPS) is 17.8. The second-order valence-electron chi connectivity index (χ2n) is 5.75. The molecule has 21 heavy (non-hydrogen) atoms. The lowest BCUT2D eigenvalue weighted by molar-refractivity contribution is 0.0949. The molecule has 0 aromatic heterocycles. The molecule has 0 radical (unpaired) electrons. The molecule has 0 aliphatic carbocycles. The second kappa shape index (κ2) is 6.47. The van der Waals surface area contributed by atoms with Crippen molar-refractivity contribution in [3.8, 4) is 0 Å². The number of carbonyl (C=O) groups excluding carboxylic acids is 1. The number of carbonyl (C=O) groups is 1. The predicted molar refractivity (Wildman–Crippen MR) is 84.0 cm³/mol. The van der Waals surface area contributed by atoms with Gasteiger partial charge in [-0.2, -0.15) is 0 Å². The van der Waals surface area contributed by atoms with Crippen LogP contribution in [0.3, 0.4) is 0 Å². The molecule has 2 rings (SSSR count). The van der Waals surface area contributed by atoms with Crippen molar-refractivity contribution in [2.45, 2.75) is 26.7 Å². The van der Waals surface area contributed by atoms with Gasteiger partial charge in [0.05, 0.1) is 11.4 Å². The number of sulfonamides is 1. The summed E-state index contributed by atoms with van der Waals surface area (Å²) in [5.41, 5.74) is 1.18. The van der Waals surface area contributed by atoms with E-state index in [9.17, 15) is 13.2 Å². The van der Waals surface area contributed by atoms with Gasteiger partial charge in [-0.05, 0) is 43.0 Å². The first-order chi connectivity index (χ1) is 9.90. The largest absolute Gasteiger partial charge is 0.352 e. The van der Waals surface area contributed by atoms with E-state index in [0.29, 0.717) is 36.7 Å². The Morgan fingerprint density at radius 3 is 2.48 bits per heavy atom. The van der Waals surface area contributed by atoms with Gasteiger partial charge in [0.15, 0.2) is 0 Å². The third kappa shape index (κ3) is 3.97. The van der Waals surface area contributed by atoms with Crippen molar-refractivity contribution < 1.29 is 13.2 Å². The lowest BCUT2D eigenvalue weighted by atomic mass is 10.1. The van der Waals surface area contributed by atoms with Crippen molar-refractivity contribution in [2.75, 3.05) is 23.1 Å². The Hall–Kier alpha value is -1.56. The van der Waals surface area contributed by atoms with E-state index in [4.69, 9.17) is 0 Å². The summed E-state index contributed by atoms with van der Waals surface area (Å²) < 4.78 is 25.5. The van der Waals surface area contributed by atoms with E-state index in [0.717, 1.165) is 6.42 Å². The first-order valence-corrected chi connectivity index (χ1v) is 8.90. The van der Waals surface area contributed by atoms with Gasteiger partial charge in [-0.25, -0.2) is 8.42 Å². The molecular formula is C15H22N2O3S. The fourth-order valence-corrected chi connectivity index (χ4v) is 3.90. The number of hydrogen-bond acceptors (Lipinski definition) is 3. The highest BCUT2D eigenvalue weighted by Crippen LogP contribution is 2.23. The van der Waals surface area contributed by atoms with E-state index in [1.165, 1.54) is 4.31 Å². The van der Waals surface area contributed by atoms with Crippen molar-refractivity contribution in [3.05, 3.63) is 29.8 Å². The zero-order valence-electron chi connectivity index (χ0n) is 12.5. The summed E-state index contributed by atoms with van der Waals surface area (Å²) in [7, 11) is -3.20. The minimum atomic E-state index is -3.20. The number of rotatable bonds is 4. The Labute approximate surface area is 126 Å². The van der Waals surface area contributed by atoms with E-state index in [1.54, 1.807) is 24.3 Å². The first-order valence-electron chi connectivity index (χ1n) is 7.29. The van der Waals surface area contributed by atoms with Gasteiger partial charge in [0.2, 0.25) is 10.0 Å². The van der Waals surface area contributed by atoms with Crippen LogP contribution in [0.15, 0.2) is 24.3 Å². The molecule has 116 valence electrons. The van der Waals surface area contributed by atoms with Crippen LogP contribution in [0.2, 0.25) is 0 Å². The summed E-state index contributed by atoms with van der Waals surface area (Å²) in [6, 6.07) is 6.75. The molecule has 1 aromatic rings. The van der Waals surface area contributed by atoms with Crippen LogP contribution in [-0.4, -0.2) is 33.2 Å². The van der Waals surface area contributed by atoms with Crippen molar-refractivity contribution in [2.24, 2.45) is 5.92 Å². The van der Waals surface area contributed by atoms with E-state index in [2.05, 4.69) is 5.32 Å².